The first-order chi connectivity index (χ1) is 11.9. The van der Waals surface area contributed by atoms with E-state index in [0.717, 1.165) is 11.8 Å². The van der Waals surface area contributed by atoms with Crippen LogP contribution in [0, 0.1) is 0 Å². The Morgan fingerprint density at radius 3 is 2.56 bits per heavy atom. The molecule has 0 radical (unpaired) electrons. The van der Waals surface area contributed by atoms with Crippen molar-refractivity contribution in [1.82, 2.24) is 14.7 Å². The number of fused-ring (bicyclic) bond motifs is 1. The SMILES string of the molecule is CCOC(=O)c1nn(C)c2c1CN(C(=O)c1cc(O)cc(O)c1)CC2. The summed E-state index contributed by atoms with van der Waals surface area (Å²) in [5.74, 6) is -1.22. The van der Waals surface area contributed by atoms with E-state index in [1.807, 2.05) is 0 Å². The van der Waals surface area contributed by atoms with E-state index in [2.05, 4.69) is 5.10 Å². The number of ether oxygens (including phenoxy) is 1. The number of amides is 1. The third-order valence-electron chi connectivity index (χ3n) is 4.15. The third-order valence-corrected chi connectivity index (χ3v) is 4.15. The summed E-state index contributed by atoms with van der Waals surface area (Å²) >= 11 is 0. The van der Waals surface area contributed by atoms with Crippen molar-refractivity contribution < 1.29 is 24.5 Å². The Morgan fingerprint density at radius 2 is 1.92 bits per heavy atom. The van der Waals surface area contributed by atoms with Crippen molar-refractivity contribution in [2.24, 2.45) is 7.05 Å². The molecule has 25 heavy (non-hydrogen) atoms. The molecule has 0 atom stereocenters. The fraction of sp³-hybridized carbons (Fsp3) is 0.353. The van der Waals surface area contributed by atoms with E-state index < -0.39 is 5.97 Å². The summed E-state index contributed by atoms with van der Waals surface area (Å²) in [6, 6.07) is 3.76. The first-order valence-electron chi connectivity index (χ1n) is 7.95. The molecule has 1 aromatic heterocycles. The van der Waals surface area contributed by atoms with Gasteiger partial charge in [0.15, 0.2) is 5.69 Å². The van der Waals surface area contributed by atoms with Crippen LogP contribution in [0.2, 0.25) is 0 Å². The average molecular weight is 345 g/mol. The van der Waals surface area contributed by atoms with Gasteiger partial charge in [-0.1, -0.05) is 0 Å². The van der Waals surface area contributed by atoms with Gasteiger partial charge in [0, 0.05) is 42.9 Å². The van der Waals surface area contributed by atoms with Gasteiger partial charge in [-0.05, 0) is 19.1 Å². The maximum absolute atomic E-state index is 12.7. The van der Waals surface area contributed by atoms with Gasteiger partial charge in [-0.15, -0.1) is 0 Å². The Morgan fingerprint density at radius 1 is 1.24 bits per heavy atom. The molecule has 1 aromatic carbocycles. The lowest BCUT2D eigenvalue weighted by Gasteiger charge is -2.27. The first-order valence-corrected chi connectivity index (χ1v) is 7.95. The van der Waals surface area contributed by atoms with Crippen molar-refractivity contribution in [1.29, 1.82) is 0 Å². The zero-order chi connectivity index (χ0) is 18.1. The van der Waals surface area contributed by atoms with Gasteiger partial charge in [0.25, 0.3) is 5.91 Å². The largest absolute Gasteiger partial charge is 0.508 e. The molecule has 0 fully saturated rings. The van der Waals surface area contributed by atoms with Crippen molar-refractivity contribution in [2.45, 2.75) is 19.9 Å². The zero-order valence-corrected chi connectivity index (χ0v) is 14.0. The second-order valence-electron chi connectivity index (χ2n) is 5.83. The summed E-state index contributed by atoms with van der Waals surface area (Å²) in [7, 11) is 1.76. The smallest absolute Gasteiger partial charge is 0.359 e. The van der Waals surface area contributed by atoms with E-state index in [1.165, 1.54) is 12.1 Å². The predicted octanol–water partition coefficient (Wildman–Crippen LogP) is 1.21. The molecule has 8 heteroatoms. The number of hydrogen-bond acceptors (Lipinski definition) is 6. The fourth-order valence-corrected chi connectivity index (χ4v) is 3.03. The van der Waals surface area contributed by atoms with Gasteiger partial charge in [0.2, 0.25) is 0 Å². The molecule has 2 N–H and O–H groups in total. The highest BCUT2D eigenvalue weighted by atomic mass is 16.5. The number of esters is 1. The van der Waals surface area contributed by atoms with E-state index in [1.54, 1.807) is 23.6 Å². The number of carbonyl (C=O) groups excluding carboxylic acids is 2. The van der Waals surface area contributed by atoms with Crippen LogP contribution in [0.15, 0.2) is 18.2 Å². The number of aryl methyl sites for hydroxylation is 1. The van der Waals surface area contributed by atoms with Crippen molar-refractivity contribution >= 4 is 11.9 Å². The maximum atomic E-state index is 12.7. The Bertz CT molecular complexity index is 823. The highest BCUT2D eigenvalue weighted by molar-refractivity contribution is 5.95. The lowest BCUT2D eigenvalue weighted by Crippen LogP contribution is -2.36. The molecular weight excluding hydrogens is 326 g/mol. The van der Waals surface area contributed by atoms with Gasteiger partial charge >= 0.3 is 5.97 Å². The monoisotopic (exact) mass is 345 g/mol. The van der Waals surface area contributed by atoms with Crippen LogP contribution in [-0.2, 0) is 24.8 Å². The molecule has 0 saturated carbocycles. The molecule has 0 aliphatic carbocycles. The number of aromatic hydroxyl groups is 2. The summed E-state index contributed by atoms with van der Waals surface area (Å²) in [6.45, 7) is 2.63. The highest BCUT2D eigenvalue weighted by Crippen LogP contribution is 2.26. The van der Waals surface area contributed by atoms with Gasteiger partial charge < -0.3 is 19.8 Å². The third kappa shape index (κ3) is 3.15. The number of aromatic nitrogens is 2. The van der Waals surface area contributed by atoms with Crippen LogP contribution in [0.25, 0.3) is 0 Å². The van der Waals surface area contributed by atoms with Crippen LogP contribution in [0.4, 0.5) is 0 Å². The van der Waals surface area contributed by atoms with Gasteiger partial charge in [0.1, 0.15) is 11.5 Å². The molecule has 8 nitrogen and oxygen atoms in total. The van der Waals surface area contributed by atoms with Crippen molar-refractivity contribution in [3.8, 4) is 11.5 Å². The van der Waals surface area contributed by atoms with Crippen molar-refractivity contribution in [3.05, 3.63) is 40.7 Å². The van der Waals surface area contributed by atoms with Gasteiger partial charge in [-0.2, -0.15) is 5.10 Å². The highest BCUT2D eigenvalue weighted by Gasteiger charge is 2.30. The number of phenolic OH excluding ortho intramolecular Hbond substituents is 2. The van der Waals surface area contributed by atoms with E-state index in [0.29, 0.717) is 18.5 Å². The normalized spacial score (nSPS) is 13.4. The topological polar surface area (TPSA) is 105 Å². The van der Waals surface area contributed by atoms with Crippen LogP contribution in [0.3, 0.4) is 0 Å². The number of hydrogen-bond donors (Lipinski definition) is 2. The quantitative estimate of drug-likeness (QED) is 0.810. The lowest BCUT2D eigenvalue weighted by atomic mass is 10.0. The number of nitrogens with zero attached hydrogens (tertiary/aromatic N) is 3. The number of phenols is 2. The molecule has 0 spiro atoms. The minimum absolute atomic E-state index is 0.183. The van der Waals surface area contributed by atoms with Crippen molar-refractivity contribution in [2.75, 3.05) is 13.2 Å². The summed E-state index contributed by atoms with van der Waals surface area (Å²) in [5, 5.41) is 23.4. The lowest BCUT2D eigenvalue weighted by molar-refractivity contribution is 0.0513. The van der Waals surface area contributed by atoms with Crippen LogP contribution >= 0.6 is 0 Å². The summed E-state index contributed by atoms with van der Waals surface area (Å²) in [6.07, 6.45) is 0.550. The Hall–Kier alpha value is -3.03. The number of benzene rings is 1. The molecule has 132 valence electrons. The van der Waals surface area contributed by atoms with E-state index in [9.17, 15) is 19.8 Å². The van der Waals surface area contributed by atoms with Gasteiger partial charge in [0.05, 0.1) is 13.2 Å². The summed E-state index contributed by atoms with van der Waals surface area (Å²) in [5.41, 5.74) is 1.97. The summed E-state index contributed by atoms with van der Waals surface area (Å²) < 4.78 is 6.68. The molecular formula is C17H19N3O5. The second kappa shape index (κ2) is 6.46. The van der Waals surface area contributed by atoms with Crippen molar-refractivity contribution in [3.63, 3.8) is 0 Å². The molecule has 1 aliphatic heterocycles. The van der Waals surface area contributed by atoms with Gasteiger partial charge in [-0.25, -0.2) is 4.79 Å². The summed E-state index contributed by atoms with van der Waals surface area (Å²) in [4.78, 5) is 26.3. The maximum Gasteiger partial charge on any atom is 0.359 e. The zero-order valence-electron chi connectivity index (χ0n) is 14.0. The van der Waals surface area contributed by atoms with Crippen LogP contribution in [-0.4, -0.2) is 49.9 Å². The molecule has 0 saturated heterocycles. The van der Waals surface area contributed by atoms with E-state index in [-0.39, 0.29) is 41.8 Å². The molecule has 3 rings (SSSR count). The molecule has 2 aromatic rings. The first kappa shape index (κ1) is 16.8. The van der Waals surface area contributed by atoms with Crippen LogP contribution in [0.1, 0.15) is 39.0 Å². The Kier molecular flexibility index (Phi) is 4.35. The number of rotatable bonds is 3. The second-order valence-corrected chi connectivity index (χ2v) is 5.83. The number of carbonyl (C=O) groups is 2. The molecule has 0 unspecified atom stereocenters. The van der Waals surface area contributed by atoms with E-state index >= 15 is 0 Å². The fourth-order valence-electron chi connectivity index (χ4n) is 3.03. The van der Waals surface area contributed by atoms with Crippen LogP contribution < -0.4 is 0 Å². The standard InChI is InChI=1S/C17H19N3O5/c1-3-25-17(24)15-13-9-20(5-4-14(13)19(2)18-15)16(23)10-6-11(21)8-12(22)7-10/h6-8,21-22H,3-5,9H2,1-2H3. The van der Waals surface area contributed by atoms with Gasteiger partial charge in [-0.3, -0.25) is 9.48 Å². The molecule has 2 heterocycles. The minimum atomic E-state index is -0.511. The minimum Gasteiger partial charge on any atom is -0.508 e. The van der Waals surface area contributed by atoms with Crippen LogP contribution in [0.5, 0.6) is 11.5 Å². The molecule has 1 aliphatic rings. The predicted molar refractivity (Wildman–Crippen MR) is 87.4 cm³/mol. The Labute approximate surface area is 144 Å². The average Bonchev–Trinajstić information content (AvgIpc) is 2.90. The Balaban J connectivity index is 1.89. The molecule has 1 amide bonds. The molecule has 0 bridgehead atoms. The van der Waals surface area contributed by atoms with E-state index in [4.69, 9.17) is 4.74 Å².